The lowest BCUT2D eigenvalue weighted by molar-refractivity contribution is 0.0389. The van der Waals surface area contributed by atoms with Crippen LogP contribution in [0.4, 0.5) is 10.5 Å². The van der Waals surface area contributed by atoms with Gasteiger partial charge >= 0.3 is 6.03 Å². The van der Waals surface area contributed by atoms with E-state index >= 15 is 0 Å². The molecule has 10 nitrogen and oxygen atoms in total. The minimum atomic E-state index is -3.46. The number of hydrogen-bond acceptors (Lipinski definition) is 6. The number of carbonyl (C=O) groups excluding carboxylic acids is 2. The van der Waals surface area contributed by atoms with Gasteiger partial charge in [0.2, 0.25) is 10.0 Å². The number of urea groups is 1. The third-order valence-electron chi connectivity index (χ3n) is 6.88. The zero-order chi connectivity index (χ0) is 25.8. The first-order valence-corrected chi connectivity index (χ1v) is 14.1. The van der Waals surface area contributed by atoms with Crippen LogP contribution in [0.2, 0.25) is 0 Å². The summed E-state index contributed by atoms with van der Waals surface area (Å²) in [7, 11) is -1.98. The number of aliphatic hydroxyl groups excluding tert-OH is 1. The Morgan fingerprint density at radius 3 is 2.60 bits per heavy atom. The number of aliphatic hydroxyl groups is 1. The fraction of sp³-hybridized carbons (Fsp3) is 0.667. The Balaban J connectivity index is 1.95. The van der Waals surface area contributed by atoms with Crippen LogP contribution in [-0.4, -0.2) is 85.9 Å². The Morgan fingerprint density at radius 2 is 1.97 bits per heavy atom. The third-order valence-corrected chi connectivity index (χ3v) is 8.16. The summed E-state index contributed by atoms with van der Waals surface area (Å²) in [4.78, 5) is 27.8. The minimum absolute atomic E-state index is 0.0670. The fourth-order valence-electron chi connectivity index (χ4n) is 4.54. The lowest BCUT2D eigenvalue weighted by Crippen LogP contribution is -2.50. The molecule has 11 heteroatoms. The molecule has 0 bridgehead atoms. The lowest BCUT2D eigenvalue weighted by atomic mass is 9.96. The van der Waals surface area contributed by atoms with E-state index in [0.717, 1.165) is 31.9 Å². The smallest absolute Gasteiger partial charge is 0.319 e. The number of nitrogens with one attached hydrogen (secondary N) is 2. The zero-order valence-corrected chi connectivity index (χ0v) is 21.8. The van der Waals surface area contributed by atoms with Gasteiger partial charge in [-0.2, -0.15) is 0 Å². The molecule has 0 spiro atoms. The molecule has 3 amide bonds. The van der Waals surface area contributed by atoms with E-state index in [2.05, 4.69) is 10.6 Å². The second kappa shape index (κ2) is 11.6. The van der Waals surface area contributed by atoms with E-state index < -0.39 is 22.2 Å². The molecule has 1 aromatic rings. The normalized spacial score (nSPS) is 22.6. The largest absolute Gasteiger partial charge is 0.486 e. The summed E-state index contributed by atoms with van der Waals surface area (Å²) in [5.41, 5.74) is 0.585. The number of amides is 3. The number of carbonyl (C=O) groups is 2. The SMILES string of the molecule is C[C@@H]1CN([C@H](C)CO)C(=O)c2cccc(NC(=O)NC3CCCCC3)c2O[C@@H]1CN(C)S(C)(=O)=O. The molecular formula is C24H38N4O6S. The maximum Gasteiger partial charge on any atom is 0.319 e. The van der Waals surface area contributed by atoms with Crippen LogP contribution in [0.3, 0.4) is 0 Å². The fourth-order valence-corrected chi connectivity index (χ4v) is 4.96. The molecule has 0 saturated heterocycles. The number of likely N-dealkylation sites (N-methyl/N-ethyl adjacent to an activating group) is 1. The van der Waals surface area contributed by atoms with Crippen LogP contribution >= 0.6 is 0 Å². The average Bonchev–Trinajstić information content (AvgIpc) is 2.81. The van der Waals surface area contributed by atoms with Crippen molar-refractivity contribution in [2.75, 3.05) is 38.3 Å². The quantitative estimate of drug-likeness (QED) is 0.516. The minimum Gasteiger partial charge on any atom is -0.486 e. The second-order valence-corrected chi connectivity index (χ2v) is 11.9. The number of ether oxygens (including phenoxy) is 1. The summed E-state index contributed by atoms with van der Waals surface area (Å²) in [6, 6.07) is 4.23. The lowest BCUT2D eigenvalue weighted by Gasteiger charge is -2.38. The van der Waals surface area contributed by atoms with Gasteiger partial charge in [-0.25, -0.2) is 17.5 Å². The molecule has 1 aliphatic carbocycles. The van der Waals surface area contributed by atoms with Crippen molar-refractivity contribution in [2.45, 2.75) is 64.1 Å². The van der Waals surface area contributed by atoms with Crippen molar-refractivity contribution in [1.29, 1.82) is 0 Å². The molecule has 1 fully saturated rings. The number of para-hydroxylation sites is 1. The maximum absolute atomic E-state index is 13.5. The molecule has 1 heterocycles. The van der Waals surface area contributed by atoms with Crippen molar-refractivity contribution in [2.24, 2.45) is 5.92 Å². The maximum atomic E-state index is 13.5. The summed E-state index contributed by atoms with van der Waals surface area (Å²) in [5, 5.41) is 15.6. The van der Waals surface area contributed by atoms with Crippen molar-refractivity contribution >= 4 is 27.6 Å². The van der Waals surface area contributed by atoms with Crippen LogP contribution in [0, 0.1) is 5.92 Å². The molecular weight excluding hydrogens is 472 g/mol. The number of anilines is 1. The van der Waals surface area contributed by atoms with Crippen molar-refractivity contribution in [3.8, 4) is 5.75 Å². The predicted molar refractivity (Wildman–Crippen MR) is 134 cm³/mol. The first-order valence-electron chi connectivity index (χ1n) is 12.2. The van der Waals surface area contributed by atoms with E-state index in [0.29, 0.717) is 5.69 Å². The van der Waals surface area contributed by atoms with Gasteiger partial charge in [-0.15, -0.1) is 0 Å². The molecule has 0 unspecified atom stereocenters. The molecule has 1 aromatic carbocycles. The Morgan fingerprint density at radius 1 is 1.29 bits per heavy atom. The standard InChI is InChI=1S/C24H38N4O6S/c1-16-13-28(17(2)15-29)23(30)19-11-8-12-20(26-24(31)25-18-9-6-5-7-10-18)22(19)34-21(16)14-27(3)35(4,32)33/h8,11-12,16-18,21,29H,5-7,9-10,13-15H2,1-4H3,(H2,25,26,31)/t16-,17-,21-/m1/s1. The van der Waals surface area contributed by atoms with E-state index in [1.807, 2.05) is 6.92 Å². The van der Waals surface area contributed by atoms with Crippen LogP contribution in [-0.2, 0) is 10.0 Å². The number of rotatable bonds is 7. The van der Waals surface area contributed by atoms with Gasteiger partial charge < -0.3 is 25.4 Å². The summed E-state index contributed by atoms with van der Waals surface area (Å²) < 4.78 is 31.7. The highest BCUT2D eigenvalue weighted by Crippen LogP contribution is 2.35. The first-order chi connectivity index (χ1) is 16.5. The molecule has 35 heavy (non-hydrogen) atoms. The Bertz CT molecular complexity index is 1010. The average molecular weight is 511 g/mol. The summed E-state index contributed by atoms with van der Waals surface area (Å²) in [6.07, 6.45) is 5.72. The van der Waals surface area contributed by atoms with Crippen LogP contribution in [0.25, 0.3) is 0 Å². The molecule has 0 aromatic heterocycles. The Kier molecular flexibility index (Phi) is 9.00. The molecule has 1 aliphatic heterocycles. The highest BCUT2D eigenvalue weighted by Gasteiger charge is 2.35. The van der Waals surface area contributed by atoms with E-state index in [1.54, 1.807) is 30.0 Å². The van der Waals surface area contributed by atoms with Crippen molar-refractivity contribution < 1.29 is 27.9 Å². The van der Waals surface area contributed by atoms with E-state index in [1.165, 1.54) is 17.8 Å². The number of fused-ring (bicyclic) bond motifs is 1. The van der Waals surface area contributed by atoms with Gasteiger partial charge in [0.15, 0.2) is 5.75 Å². The summed E-state index contributed by atoms with van der Waals surface area (Å²) in [6.45, 7) is 3.76. The molecule has 196 valence electrons. The van der Waals surface area contributed by atoms with E-state index in [4.69, 9.17) is 4.74 Å². The zero-order valence-electron chi connectivity index (χ0n) is 21.0. The topological polar surface area (TPSA) is 128 Å². The van der Waals surface area contributed by atoms with Gasteiger partial charge in [-0.1, -0.05) is 32.3 Å². The summed E-state index contributed by atoms with van der Waals surface area (Å²) >= 11 is 0. The van der Waals surface area contributed by atoms with Crippen LogP contribution in [0.5, 0.6) is 5.75 Å². The Labute approximate surface area is 208 Å². The highest BCUT2D eigenvalue weighted by atomic mass is 32.2. The van der Waals surface area contributed by atoms with Crippen LogP contribution in [0.15, 0.2) is 18.2 Å². The monoisotopic (exact) mass is 510 g/mol. The molecule has 0 radical (unpaired) electrons. The van der Waals surface area contributed by atoms with Crippen LogP contribution in [0.1, 0.15) is 56.3 Å². The van der Waals surface area contributed by atoms with Gasteiger partial charge in [0, 0.05) is 25.6 Å². The van der Waals surface area contributed by atoms with Crippen molar-refractivity contribution in [1.82, 2.24) is 14.5 Å². The summed E-state index contributed by atoms with van der Waals surface area (Å²) in [5.74, 6) is -0.376. The second-order valence-electron chi connectivity index (χ2n) is 9.78. The third kappa shape index (κ3) is 6.86. The number of benzene rings is 1. The molecule has 3 rings (SSSR count). The first kappa shape index (κ1) is 27.2. The van der Waals surface area contributed by atoms with Crippen molar-refractivity contribution in [3.05, 3.63) is 23.8 Å². The molecule has 3 N–H and O–H groups in total. The molecule has 3 atom stereocenters. The Hall–Kier alpha value is -2.37. The number of nitrogens with zero attached hydrogens (tertiary/aromatic N) is 2. The molecule has 1 saturated carbocycles. The van der Waals surface area contributed by atoms with Gasteiger partial charge in [-0.3, -0.25) is 4.79 Å². The molecule has 2 aliphatic rings. The highest BCUT2D eigenvalue weighted by molar-refractivity contribution is 7.88. The van der Waals surface area contributed by atoms with E-state index in [-0.39, 0.29) is 54.9 Å². The van der Waals surface area contributed by atoms with Crippen molar-refractivity contribution in [3.63, 3.8) is 0 Å². The number of hydrogen-bond donors (Lipinski definition) is 3. The van der Waals surface area contributed by atoms with Gasteiger partial charge in [-0.05, 0) is 31.9 Å². The number of sulfonamides is 1. The van der Waals surface area contributed by atoms with Gasteiger partial charge in [0.25, 0.3) is 5.91 Å². The van der Waals surface area contributed by atoms with E-state index in [9.17, 15) is 23.1 Å². The van der Waals surface area contributed by atoms with Gasteiger partial charge in [0.1, 0.15) is 6.10 Å². The van der Waals surface area contributed by atoms with Gasteiger partial charge in [0.05, 0.1) is 36.7 Å². The predicted octanol–water partition coefficient (Wildman–Crippen LogP) is 2.25. The van der Waals surface area contributed by atoms with Crippen LogP contribution < -0.4 is 15.4 Å².